The first kappa shape index (κ1) is 17.6. The van der Waals surface area contributed by atoms with Crippen molar-refractivity contribution >= 4 is 18.3 Å². The van der Waals surface area contributed by atoms with Gasteiger partial charge in [-0.1, -0.05) is 0 Å². The molecule has 2 aliphatic rings. The highest BCUT2D eigenvalue weighted by atomic mass is 35.5. The first-order chi connectivity index (χ1) is 8.95. The van der Waals surface area contributed by atoms with Crippen molar-refractivity contribution in [2.75, 3.05) is 13.1 Å². The number of amides is 1. The van der Waals surface area contributed by atoms with Gasteiger partial charge in [0.05, 0.1) is 12.5 Å². The van der Waals surface area contributed by atoms with E-state index in [1.807, 2.05) is 0 Å². The summed E-state index contributed by atoms with van der Waals surface area (Å²) in [6.45, 7) is 1.14. The lowest BCUT2D eigenvalue weighted by Gasteiger charge is -2.30. The lowest BCUT2D eigenvalue weighted by Crippen LogP contribution is -2.43. The molecule has 20 heavy (non-hydrogen) atoms. The molecule has 0 saturated heterocycles. The molecule has 0 aliphatic heterocycles. The summed E-state index contributed by atoms with van der Waals surface area (Å²) in [6.07, 6.45) is -0.502. The topological polar surface area (TPSA) is 41.1 Å². The Hall–Kier alpha value is -0.490. The highest BCUT2D eigenvalue weighted by Crippen LogP contribution is 2.37. The van der Waals surface area contributed by atoms with Gasteiger partial charge in [-0.15, -0.1) is 12.4 Å². The van der Waals surface area contributed by atoms with Gasteiger partial charge in [0.2, 0.25) is 5.91 Å². The maximum atomic E-state index is 12.5. The Bertz CT molecular complexity index is 313. The minimum Gasteiger partial charge on any atom is -0.352 e. The molecule has 2 saturated carbocycles. The molecule has 3 nitrogen and oxygen atoms in total. The number of rotatable bonds is 5. The standard InChI is InChI=1S/C13H21F3N2O.ClH/c14-13(15,16)10-3-5-11(6-4-10)18-12(19)8-17-7-9-1-2-9;/h9-11,17H,1-8H2,(H,18,19);1H. The number of carbonyl (C=O) groups is 1. The largest absolute Gasteiger partial charge is 0.391 e. The minimum absolute atomic E-state index is 0. The summed E-state index contributed by atoms with van der Waals surface area (Å²) < 4.78 is 37.4. The predicted molar refractivity (Wildman–Crippen MR) is 72.8 cm³/mol. The maximum Gasteiger partial charge on any atom is 0.391 e. The third-order valence-corrected chi connectivity index (χ3v) is 3.97. The Kier molecular flexibility index (Phi) is 6.58. The van der Waals surface area contributed by atoms with Crippen molar-refractivity contribution in [2.24, 2.45) is 11.8 Å². The second kappa shape index (κ2) is 7.50. The van der Waals surface area contributed by atoms with Crippen molar-refractivity contribution in [2.45, 2.75) is 50.7 Å². The van der Waals surface area contributed by atoms with E-state index in [4.69, 9.17) is 0 Å². The Labute approximate surface area is 123 Å². The van der Waals surface area contributed by atoms with Crippen LogP contribution in [0.4, 0.5) is 13.2 Å². The second-order valence-electron chi connectivity index (χ2n) is 5.73. The molecule has 0 unspecified atom stereocenters. The molecule has 0 aromatic heterocycles. The van der Waals surface area contributed by atoms with Gasteiger partial charge >= 0.3 is 6.18 Å². The summed E-state index contributed by atoms with van der Waals surface area (Å²) in [7, 11) is 0. The van der Waals surface area contributed by atoms with Gasteiger partial charge in [-0.3, -0.25) is 4.79 Å². The maximum absolute atomic E-state index is 12.5. The molecule has 2 aliphatic carbocycles. The number of halogens is 4. The third kappa shape index (κ3) is 5.87. The van der Waals surface area contributed by atoms with Gasteiger partial charge in [-0.25, -0.2) is 0 Å². The normalized spacial score (nSPS) is 26.8. The van der Waals surface area contributed by atoms with E-state index < -0.39 is 12.1 Å². The molecule has 2 N–H and O–H groups in total. The van der Waals surface area contributed by atoms with Crippen molar-refractivity contribution in [3.63, 3.8) is 0 Å². The number of alkyl halides is 3. The Balaban J connectivity index is 0.00000200. The predicted octanol–water partition coefficient (Wildman–Crippen LogP) is 2.65. The number of carbonyl (C=O) groups excluding carboxylic acids is 1. The van der Waals surface area contributed by atoms with Crippen LogP contribution in [0, 0.1) is 11.8 Å². The molecule has 0 heterocycles. The highest BCUT2D eigenvalue weighted by molar-refractivity contribution is 5.85. The first-order valence-electron chi connectivity index (χ1n) is 7.02. The average Bonchev–Trinajstić information content (AvgIpc) is 3.12. The Morgan fingerprint density at radius 3 is 2.15 bits per heavy atom. The van der Waals surface area contributed by atoms with Gasteiger partial charge in [0.1, 0.15) is 0 Å². The van der Waals surface area contributed by atoms with Crippen LogP contribution in [0.3, 0.4) is 0 Å². The van der Waals surface area contributed by atoms with Gasteiger partial charge in [0.25, 0.3) is 0 Å². The molecule has 0 spiro atoms. The number of hydrogen-bond donors (Lipinski definition) is 2. The molecule has 2 fully saturated rings. The molecular formula is C13H22ClF3N2O. The molecular weight excluding hydrogens is 293 g/mol. The van der Waals surface area contributed by atoms with Crippen LogP contribution in [0.2, 0.25) is 0 Å². The van der Waals surface area contributed by atoms with E-state index in [1.54, 1.807) is 0 Å². The molecule has 0 aromatic rings. The van der Waals surface area contributed by atoms with Crippen LogP contribution >= 0.6 is 12.4 Å². The number of nitrogens with one attached hydrogen (secondary N) is 2. The summed E-state index contributed by atoms with van der Waals surface area (Å²) in [6, 6.07) is -0.0891. The van der Waals surface area contributed by atoms with Gasteiger partial charge in [-0.05, 0) is 51.0 Å². The summed E-state index contributed by atoms with van der Waals surface area (Å²) in [5.41, 5.74) is 0. The average molecular weight is 315 g/mol. The molecule has 0 aromatic carbocycles. The fourth-order valence-corrected chi connectivity index (χ4v) is 2.56. The summed E-state index contributed by atoms with van der Waals surface area (Å²) >= 11 is 0. The molecule has 0 bridgehead atoms. The van der Waals surface area contributed by atoms with Gasteiger partial charge in [0.15, 0.2) is 0 Å². The van der Waals surface area contributed by atoms with Crippen molar-refractivity contribution < 1.29 is 18.0 Å². The van der Waals surface area contributed by atoms with Crippen LogP contribution in [0.15, 0.2) is 0 Å². The summed E-state index contributed by atoms with van der Waals surface area (Å²) in [4.78, 5) is 11.6. The van der Waals surface area contributed by atoms with E-state index in [0.717, 1.165) is 12.5 Å². The summed E-state index contributed by atoms with van der Waals surface area (Å²) in [5, 5.41) is 5.89. The van der Waals surface area contributed by atoms with Crippen molar-refractivity contribution in [1.82, 2.24) is 10.6 Å². The quantitative estimate of drug-likeness (QED) is 0.819. The van der Waals surface area contributed by atoms with Crippen LogP contribution in [-0.4, -0.2) is 31.2 Å². The lowest BCUT2D eigenvalue weighted by atomic mass is 9.85. The zero-order chi connectivity index (χ0) is 13.9. The summed E-state index contributed by atoms with van der Waals surface area (Å²) in [5.74, 6) is -0.570. The van der Waals surface area contributed by atoms with Gasteiger partial charge in [0, 0.05) is 6.04 Å². The van der Waals surface area contributed by atoms with E-state index in [0.29, 0.717) is 12.8 Å². The smallest absolute Gasteiger partial charge is 0.352 e. The highest BCUT2D eigenvalue weighted by Gasteiger charge is 2.41. The van der Waals surface area contributed by atoms with Crippen molar-refractivity contribution in [3.05, 3.63) is 0 Å². The van der Waals surface area contributed by atoms with E-state index >= 15 is 0 Å². The molecule has 2 rings (SSSR count). The number of hydrogen-bond acceptors (Lipinski definition) is 2. The van der Waals surface area contributed by atoms with Crippen LogP contribution < -0.4 is 10.6 Å². The fraction of sp³-hybridized carbons (Fsp3) is 0.923. The van der Waals surface area contributed by atoms with E-state index in [2.05, 4.69) is 10.6 Å². The zero-order valence-electron chi connectivity index (χ0n) is 11.3. The molecule has 0 radical (unpaired) electrons. The minimum atomic E-state index is -4.08. The molecule has 7 heteroatoms. The Morgan fingerprint density at radius 2 is 1.65 bits per heavy atom. The molecule has 1 amide bonds. The SMILES string of the molecule is Cl.O=C(CNCC1CC1)NC1CCC(C(F)(F)F)CC1. The monoisotopic (exact) mass is 314 g/mol. The third-order valence-electron chi connectivity index (χ3n) is 3.97. The van der Waals surface area contributed by atoms with Crippen LogP contribution in [0.5, 0.6) is 0 Å². The van der Waals surface area contributed by atoms with Crippen LogP contribution in [-0.2, 0) is 4.79 Å². The van der Waals surface area contributed by atoms with Crippen molar-refractivity contribution in [1.29, 1.82) is 0 Å². The van der Waals surface area contributed by atoms with Crippen molar-refractivity contribution in [3.8, 4) is 0 Å². The van der Waals surface area contributed by atoms with E-state index in [1.165, 1.54) is 12.8 Å². The zero-order valence-corrected chi connectivity index (χ0v) is 12.2. The van der Waals surface area contributed by atoms with Crippen LogP contribution in [0.1, 0.15) is 38.5 Å². The van der Waals surface area contributed by atoms with Gasteiger partial charge < -0.3 is 10.6 Å². The Morgan fingerprint density at radius 1 is 1.05 bits per heavy atom. The van der Waals surface area contributed by atoms with E-state index in [9.17, 15) is 18.0 Å². The van der Waals surface area contributed by atoms with Gasteiger partial charge in [-0.2, -0.15) is 13.2 Å². The van der Waals surface area contributed by atoms with E-state index in [-0.39, 0.29) is 43.7 Å². The second-order valence-corrected chi connectivity index (χ2v) is 5.73. The molecule has 0 atom stereocenters. The first-order valence-corrected chi connectivity index (χ1v) is 7.02. The lowest BCUT2D eigenvalue weighted by molar-refractivity contribution is -0.182. The van der Waals surface area contributed by atoms with Crippen LogP contribution in [0.25, 0.3) is 0 Å². The fourth-order valence-electron chi connectivity index (χ4n) is 2.56. The molecule has 118 valence electrons.